The Balaban J connectivity index is 1.82. The molecular weight excluding hydrogens is 289 g/mol. The minimum absolute atomic E-state index is 0.0746. The molecule has 2 rings (SSSR count). The van der Waals surface area contributed by atoms with Crippen LogP contribution in [0.15, 0.2) is 0 Å². The first-order valence-corrected chi connectivity index (χ1v) is 6.59. The third-order valence-electron chi connectivity index (χ3n) is 2.83. The fourth-order valence-electron chi connectivity index (χ4n) is 1.94. The predicted octanol–water partition coefficient (Wildman–Crippen LogP) is 1.04. The van der Waals surface area contributed by atoms with Crippen LogP contribution in [0.25, 0.3) is 0 Å². The van der Waals surface area contributed by atoms with Crippen LogP contribution in [-0.4, -0.2) is 54.0 Å². The normalized spacial score (nSPS) is 15.5. The second-order valence-electron chi connectivity index (χ2n) is 4.61. The molecule has 0 aromatic carbocycles. The molecular formula is C11H17F3N6O. The zero-order valence-electron chi connectivity index (χ0n) is 11.4. The number of nitrogens with two attached hydrogens (primary N) is 1. The molecule has 0 unspecified atom stereocenters. The highest BCUT2D eigenvalue weighted by Gasteiger charge is 2.27. The summed E-state index contributed by atoms with van der Waals surface area (Å²) in [7, 11) is 0. The van der Waals surface area contributed by atoms with Crippen LogP contribution in [-0.2, 0) is 4.74 Å². The Morgan fingerprint density at radius 1 is 1.19 bits per heavy atom. The number of alkyl halides is 3. The highest BCUT2D eigenvalue weighted by Crippen LogP contribution is 2.17. The molecule has 21 heavy (non-hydrogen) atoms. The molecule has 1 aliphatic heterocycles. The smallest absolute Gasteiger partial charge is 0.370 e. The highest BCUT2D eigenvalue weighted by molar-refractivity contribution is 5.42. The molecule has 7 nitrogen and oxygen atoms in total. The third kappa shape index (κ3) is 5.21. The molecule has 0 atom stereocenters. The van der Waals surface area contributed by atoms with E-state index in [0.717, 1.165) is 25.9 Å². The molecule has 1 aromatic rings. The zero-order chi connectivity index (χ0) is 15.3. The SMILES string of the molecule is Nc1nc(NCCOCC(F)(F)F)nc(N2CCCC2)n1. The van der Waals surface area contributed by atoms with Crippen molar-refractivity contribution in [3.05, 3.63) is 0 Å². The van der Waals surface area contributed by atoms with Crippen LogP contribution in [0.5, 0.6) is 0 Å². The van der Waals surface area contributed by atoms with E-state index >= 15 is 0 Å². The molecule has 118 valence electrons. The van der Waals surface area contributed by atoms with Gasteiger partial charge in [0.1, 0.15) is 6.61 Å². The molecule has 1 fully saturated rings. The van der Waals surface area contributed by atoms with Gasteiger partial charge in [0, 0.05) is 19.6 Å². The van der Waals surface area contributed by atoms with E-state index in [-0.39, 0.29) is 25.0 Å². The molecule has 0 bridgehead atoms. The van der Waals surface area contributed by atoms with Crippen LogP contribution in [0.2, 0.25) is 0 Å². The van der Waals surface area contributed by atoms with Crippen molar-refractivity contribution in [3.63, 3.8) is 0 Å². The minimum atomic E-state index is -4.32. The molecule has 1 aromatic heterocycles. The Bertz CT molecular complexity index is 464. The lowest BCUT2D eigenvalue weighted by Gasteiger charge is -2.16. The summed E-state index contributed by atoms with van der Waals surface area (Å²) in [5, 5.41) is 2.77. The fourth-order valence-corrected chi connectivity index (χ4v) is 1.94. The van der Waals surface area contributed by atoms with Gasteiger partial charge >= 0.3 is 6.18 Å². The zero-order valence-corrected chi connectivity index (χ0v) is 11.4. The number of anilines is 3. The quantitative estimate of drug-likeness (QED) is 0.759. The lowest BCUT2D eigenvalue weighted by molar-refractivity contribution is -0.172. The van der Waals surface area contributed by atoms with Crippen molar-refractivity contribution >= 4 is 17.8 Å². The van der Waals surface area contributed by atoms with Gasteiger partial charge in [-0.3, -0.25) is 0 Å². The monoisotopic (exact) mass is 306 g/mol. The van der Waals surface area contributed by atoms with E-state index in [1.165, 1.54) is 0 Å². The summed E-state index contributed by atoms with van der Waals surface area (Å²) in [5.41, 5.74) is 5.61. The maximum atomic E-state index is 11.9. The summed E-state index contributed by atoms with van der Waals surface area (Å²) in [5.74, 6) is 0.796. The van der Waals surface area contributed by atoms with Gasteiger partial charge in [-0.05, 0) is 12.8 Å². The van der Waals surface area contributed by atoms with Gasteiger partial charge in [0.25, 0.3) is 0 Å². The van der Waals surface area contributed by atoms with Gasteiger partial charge < -0.3 is 20.7 Å². The van der Waals surface area contributed by atoms with Crippen LogP contribution in [0.3, 0.4) is 0 Å². The minimum Gasteiger partial charge on any atom is -0.370 e. The number of nitrogens with one attached hydrogen (secondary N) is 1. The number of halogens is 3. The van der Waals surface area contributed by atoms with Crippen molar-refractivity contribution in [2.24, 2.45) is 0 Å². The van der Waals surface area contributed by atoms with Crippen LogP contribution in [0.4, 0.5) is 31.0 Å². The average molecular weight is 306 g/mol. The van der Waals surface area contributed by atoms with Gasteiger partial charge in [-0.15, -0.1) is 0 Å². The van der Waals surface area contributed by atoms with Crippen LogP contribution in [0, 0.1) is 0 Å². The maximum Gasteiger partial charge on any atom is 0.411 e. The maximum absolute atomic E-state index is 11.9. The van der Waals surface area contributed by atoms with Gasteiger partial charge in [0.2, 0.25) is 17.8 Å². The Morgan fingerprint density at radius 3 is 2.57 bits per heavy atom. The molecule has 0 aliphatic carbocycles. The Labute approximate surface area is 119 Å². The molecule has 0 spiro atoms. The first kappa shape index (κ1) is 15.5. The summed E-state index contributed by atoms with van der Waals surface area (Å²) >= 11 is 0. The van der Waals surface area contributed by atoms with Gasteiger partial charge in [-0.1, -0.05) is 0 Å². The topological polar surface area (TPSA) is 89.2 Å². The summed E-state index contributed by atoms with van der Waals surface area (Å²) in [6, 6.07) is 0. The number of rotatable bonds is 6. The second-order valence-corrected chi connectivity index (χ2v) is 4.61. The molecule has 3 N–H and O–H groups in total. The summed E-state index contributed by atoms with van der Waals surface area (Å²) in [6.45, 7) is 0.491. The van der Waals surface area contributed by atoms with Crippen LogP contribution in [0.1, 0.15) is 12.8 Å². The number of aromatic nitrogens is 3. The first-order valence-electron chi connectivity index (χ1n) is 6.59. The van der Waals surface area contributed by atoms with Gasteiger partial charge in [0.05, 0.1) is 6.61 Å². The van der Waals surface area contributed by atoms with Gasteiger partial charge in [-0.25, -0.2) is 0 Å². The van der Waals surface area contributed by atoms with Crippen LogP contribution >= 0.6 is 0 Å². The van der Waals surface area contributed by atoms with Crippen molar-refractivity contribution in [2.75, 3.05) is 48.8 Å². The average Bonchev–Trinajstić information content (AvgIpc) is 2.90. The standard InChI is InChI=1S/C11H17F3N6O/c12-11(13,14)7-21-6-3-16-9-17-8(15)18-10(19-9)20-4-1-2-5-20/h1-7H2,(H3,15,16,17,18,19). The van der Waals surface area contributed by atoms with Crippen molar-refractivity contribution in [3.8, 4) is 0 Å². The highest BCUT2D eigenvalue weighted by atomic mass is 19.4. The van der Waals surface area contributed by atoms with Crippen molar-refractivity contribution in [1.29, 1.82) is 0 Å². The summed E-state index contributed by atoms with van der Waals surface area (Å²) in [4.78, 5) is 14.1. The van der Waals surface area contributed by atoms with Crippen LogP contribution < -0.4 is 16.0 Å². The van der Waals surface area contributed by atoms with E-state index in [2.05, 4.69) is 25.0 Å². The predicted molar refractivity (Wildman–Crippen MR) is 71.1 cm³/mol. The molecule has 0 radical (unpaired) electrons. The van der Waals surface area contributed by atoms with Gasteiger partial charge in [-0.2, -0.15) is 28.1 Å². The fraction of sp³-hybridized carbons (Fsp3) is 0.727. The number of hydrogen-bond acceptors (Lipinski definition) is 7. The Hall–Kier alpha value is -1.84. The van der Waals surface area contributed by atoms with Crippen molar-refractivity contribution in [2.45, 2.75) is 19.0 Å². The lowest BCUT2D eigenvalue weighted by Crippen LogP contribution is -2.23. The number of hydrogen-bond donors (Lipinski definition) is 2. The first-order chi connectivity index (χ1) is 9.94. The number of ether oxygens (including phenoxy) is 1. The van der Waals surface area contributed by atoms with Crippen molar-refractivity contribution in [1.82, 2.24) is 15.0 Å². The van der Waals surface area contributed by atoms with E-state index in [4.69, 9.17) is 5.73 Å². The van der Waals surface area contributed by atoms with E-state index in [9.17, 15) is 13.2 Å². The van der Waals surface area contributed by atoms with E-state index < -0.39 is 12.8 Å². The van der Waals surface area contributed by atoms with Gasteiger partial charge in [0.15, 0.2) is 0 Å². The van der Waals surface area contributed by atoms with E-state index in [0.29, 0.717) is 5.95 Å². The molecule has 10 heteroatoms. The number of nitrogens with zero attached hydrogens (tertiary/aromatic N) is 4. The summed E-state index contributed by atoms with van der Waals surface area (Å²) < 4.78 is 40.1. The largest absolute Gasteiger partial charge is 0.411 e. The molecule has 0 amide bonds. The number of nitrogen functional groups attached to an aromatic ring is 1. The second kappa shape index (κ2) is 6.74. The molecule has 1 saturated heterocycles. The van der Waals surface area contributed by atoms with Crippen molar-refractivity contribution < 1.29 is 17.9 Å². The van der Waals surface area contributed by atoms with E-state index in [1.807, 2.05) is 4.90 Å². The third-order valence-corrected chi connectivity index (χ3v) is 2.83. The molecule has 0 saturated carbocycles. The molecule has 1 aliphatic rings. The van der Waals surface area contributed by atoms with E-state index in [1.54, 1.807) is 0 Å². The lowest BCUT2D eigenvalue weighted by atomic mass is 10.4. The Kier molecular flexibility index (Phi) is 4.99. The molecule has 2 heterocycles. The Morgan fingerprint density at radius 2 is 1.90 bits per heavy atom. The summed E-state index contributed by atoms with van der Waals surface area (Å²) in [6.07, 6.45) is -2.18.